The smallest absolute Gasteiger partial charge is 0.224 e. The second-order valence-electron chi connectivity index (χ2n) is 4.39. The second-order valence-corrected chi connectivity index (χ2v) is 4.78. The number of hydrogen-bond donors (Lipinski definition) is 1. The van der Waals surface area contributed by atoms with Crippen molar-refractivity contribution in [3.63, 3.8) is 0 Å². The molecule has 0 atom stereocenters. The van der Waals surface area contributed by atoms with Crippen molar-refractivity contribution in [3.05, 3.63) is 41.0 Å². The molecule has 21 heavy (non-hydrogen) atoms. The van der Waals surface area contributed by atoms with Gasteiger partial charge in [0.15, 0.2) is 0 Å². The molecular formula is C16H19ClN4. The predicted octanol–water partition coefficient (Wildman–Crippen LogP) is 4.52. The summed E-state index contributed by atoms with van der Waals surface area (Å²) >= 11 is 6.00. The Morgan fingerprint density at radius 3 is 2.52 bits per heavy atom. The maximum atomic E-state index is 8.92. The lowest BCUT2D eigenvalue weighted by Crippen LogP contribution is -2.12. The molecule has 0 saturated carbocycles. The molecule has 1 heterocycles. The average Bonchev–Trinajstić information content (AvgIpc) is 2.48. The monoisotopic (exact) mass is 302 g/mol. The highest BCUT2D eigenvalue weighted by Gasteiger charge is 2.07. The summed E-state index contributed by atoms with van der Waals surface area (Å²) in [6.07, 6.45) is 0. The van der Waals surface area contributed by atoms with Gasteiger partial charge in [0.25, 0.3) is 0 Å². The number of anilines is 1. The molecule has 0 spiro atoms. The van der Waals surface area contributed by atoms with Gasteiger partial charge in [0.1, 0.15) is 5.15 Å². The molecule has 0 radical (unpaired) electrons. The van der Waals surface area contributed by atoms with E-state index in [9.17, 15) is 0 Å². The van der Waals surface area contributed by atoms with Crippen LogP contribution in [0.3, 0.4) is 0 Å². The molecule has 2 aromatic rings. The molecule has 1 aromatic carbocycles. The fourth-order valence-electron chi connectivity index (χ4n) is 1.64. The minimum absolute atomic E-state index is 0.219. The van der Waals surface area contributed by atoms with E-state index in [4.69, 9.17) is 16.9 Å². The third-order valence-corrected chi connectivity index (χ3v) is 2.59. The highest BCUT2D eigenvalue weighted by molar-refractivity contribution is 6.29. The molecule has 1 N–H and O–H groups in total. The van der Waals surface area contributed by atoms with Crippen LogP contribution in [0.2, 0.25) is 5.15 Å². The van der Waals surface area contributed by atoms with Crippen molar-refractivity contribution in [1.82, 2.24) is 9.97 Å². The predicted molar refractivity (Wildman–Crippen MR) is 87.3 cm³/mol. The van der Waals surface area contributed by atoms with Gasteiger partial charge in [-0.3, -0.25) is 0 Å². The molecule has 0 amide bonds. The first-order valence-corrected chi connectivity index (χ1v) is 7.28. The van der Waals surface area contributed by atoms with E-state index in [2.05, 4.69) is 21.4 Å². The van der Waals surface area contributed by atoms with Crippen molar-refractivity contribution in [2.45, 2.75) is 33.7 Å². The molecule has 110 valence electrons. The van der Waals surface area contributed by atoms with E-state index in [0.29, 0.717) is 22.4 Å². The van der Waals surface area contributed by atoms with Crippen LogP contribution in [-0.2, 0) is 0 Å². The number of hydrogen-bond acceptors (Lipinski definition) is 4. The molecule has 0 bridgehead atoms. The van der Waals surface area contributed by atoms with Crippen molar-refractivity contribution in [2.24, 2.45) is 0 Å². The molecule has 5 heteroatoms. The summed E-state index contributed by atoms with van der Waals surface area (Å²) in [6.45, 7) is 8.00. The van der Waals surface area contributed by atoms with Gasteiger partial charge in [-0.2, -0.15) is 5.26 Å². The number of nitrogens with zero attached hydrogens (tertiary/aromatic N) is 3. The van der Waals surface area contributed by atoms with E-state index in [-0.39, 0.29) is 6.04 Å². The van der Waals surface area contributed by atoms with E-state index in [1.165, 1.54) is 0 Å². The Morgan fingerprint density at radius 1 is 1.19 bits per heavy atom. The number of rotatable bonds is 3. The topological polar surface area (TPSA) is 61.6 Å². The fourth-order valence-corrected chi connectivity index (χ4v) is 1.82. The van der Waals surface area contributed by atoms with Crippen molar-refractivity contribution in [1.29, 1.82) is 5.26 Å². The highest BCUT2D eigenvalue weighted by atomic mass is 35.5. The minimum Gasteiger partial charge on any atom is -0.352 e. The lowest BCUT2D eigenvalue weighted by Gasteiger charge is -2.10. The van der Waals surface area contributed by atoms with E-state index in [1.54, 1.807) is 18.2 Å². The summed E-state index contributed by atoms with van der Waals surface area (Å²) in [4.78, 5) is 8.52. The number of nitriles is 1. The third-order valence-electron chi connectivity index (χ3n) is 2.40. The first-order valence-electron chi connectivity index (χ1n) is 6.90. The summed E-state index contributed by atoms with van der Waals surface area (Å²) in [5, 5.41) is 12.4. The Kier molecular flexibility index (Phi) is 6.64. The molecular weight excluding hydrogens is 284 g/mol. The van der Waals surface area contributed by atoms with Crippen LogP contribution in [0.4, 0.5) is 5.95 Å². The van der Waals surface area contributed by atoms with Crippen molar-refractivity contribution >= 4 is 17.5 Å². The fraction of sp³-hybridized carbons (Fsp3) is 0.312. The maximum absolute atomic E-state index is 8.92. The Balaban J connectivity index is 0.00000106. The first kappa shape index (κ1) is 16.9. The maximum Gasteiger partial charge on any atom is 0.224 e. The molecule has 4 nitrogen and oxygen atoms in total. The van der Waals surface area contributed by atoms with Crippen LogP contribution in [0.1, 0.15) is 33.3 Å². The Morgan fingerprint density at radius 2 is 1.90 bits per heavy atom. The zero-order valence-electron chi connectivity index (χ0n) is 12.7. The van der Waals surface area contributed by atoms with Gasteiger partial charge >= 0.3 is 0 Å². The molecule has 2 rings (SSSR count). The van der Waals surface area contributed by atoms with Crippen LogP contribution in [0.5, 0.6) is 0 Å². The number of halogens is 1. The summed E-state index contributed by atoms with van der Waals surface area (Å²) < 4.78 is 0. The molecule has 0 fully saturated rings. The van der Waals surface area contributed by atoms with Gasteiger partial charge in [-0.25, -0.2) is 9.97 Å². The molecule has 0 aliphatic carbocycles. The van der Waals surface area contributed by atoms with Gasteiger partial charge in [0.05, 0.1) is 17.3 Å². The normalized spacial score (nSPS) is 9.57. The van der Waals surface area contributed by atoms with Crippen LogP contribution in [0.15, 0.2) is 30.3 Å². The minimum atomic E-state index is 0.219. The first-order chi connectivity index (χ1) is 10.1. The van der Waals surface area contributed by atoms with Gasteiger partial charge in [0.2, 0.25) is 5.95 Å². The number of benzene rings is 1. The quantitative estimate of drug-likeness (QED) is 0.847. The van der Waals surface area contributed by atoms with Gasteiger partial charge in [-0.15, -0.1) is 0 Å². The van der Waals surface area contributed by atoms with Crippen LogP contribution < -0.4 is 5.32 Å². The Labute approximate surface area is 130 Å². The second kappa shape index (κ2) is 8.23. The van der Waals surface area contributed by atoms with Crippen molar-refractivity contribution < 1.29 is 0 Å². The van der Waals surface area contributed by atoms with Gasteiger partial charge in [0, 0.05) is 17.7 Å². The molecule has 0 saturated heterocycles. The summed E-state index contributed by atoms with van der Waals surface area (Å²) in [7, 11) is 0. The van der Waals surface area contributed by atoms with E-state index in [0.717, 1.165) is 5.56 Å². The van der Waals surface area contributed by atoms with E-state index >= 15 is 0 Å². The largest absolute Gasteiger partial charge is 0.352 e. The van der Waals surface area contributed by atoms with Gasteiger partial charge < -0.3 is 5.32 Å². The Bertz CT molecular complexity index is 632. The van der Waals surface area contributed by atoms with E-state index in [1.807, 2.05) is 39.8 Å². The van der Waals surface area contributed by atoms with Crippen LogP contribution in [0.25, 0.3) is 11.3 Å². The van der Waals surface area contributed by atoms with Crippen molar-refractivity contribution in [3.8, 4) is 17.3 Å². The average molecular weight is 303 g/mol. The molecule has 1 aromatic heterocycles. The molecule has 0 aliphatic heterocycles. The number of aromatic nitrogens is 2. The highest BCUT2D eigenvalue weighted by Crippen LogP contribution is 2.22. The van der Waals surface area contributed by atoms with Gasteiger partial charge in [-0.05, 0) is 26.0 Å². The standard InChI is InChI=1S/C14H13ClN4.C2H6/c1-9(2)17-14-18-12(7-13(15)19-14)11-5-3-4-10(6-11)8-16;1-2/h3-7,9H,1-2H3,(H,17,18,19);1-2H3. The SMILES string of the molecule is CC.CC(C)Nc1nc(Cl)cc(-c2cccc(C#N)c2)n1. The Hall–Kier alpha value is -2.12. The van der Waals surface area contributed by atoms with E-state index < -0.39 is 0 Å². The molecule has 0 aliphatic rings. The summed E-state index contributed by atoms with van der Waals surface area (Å²) in [5.41, 5.74) is 2.13. The summed E-state index contributed by atoms with van der Waals surface area (Å²) in [5.74, 6) is 0.486. The van der Waals surface area contributed by atoms with Gasteiger partial charge in [-0.1, -0.05) is 37.6 Å². The van der Waals surface area contributed by atoms with Crippen LogP contribution >= 0.6 is 11.6 Å². The molecule has 0 unspecified atom stereocenters. The zero-order valence-corrected chi connectivity index (χ0v) is 13.4. The van der Waals surface area contributed by atoms with Crippen LogP contribution in [-0.4, -0.2) is 16.0 Å². The summed E-state index contributed by atoms with van der Waals surface area (Å²) in [6, 6.07) is 11.2. The van der Waals surface area contributed by atoms with Crippen molar-refractivity contribution in [2.75, 3.05) is 5.32 Å². The van der Waals surface area contributed by atoms with Crippen LogP contribution in [0, 0.1) is 11.3 Å². The zero-order chi connectivity index (χ0) is 15.8. The lowest BCUT2D eigenvalue weighted by molar-refractivity contribution is 0.875. The third kappa shape index (κ3) is 5.05. The lowest BCUT2D eigenvalue weighted by atomic mass is 10.1. The number of nitrogens with one attached hydrogen (secondary N) is 1.